The number of aliphatic hydroxyl groups is 3. The molecule has 1 aromatic rings. The Kier molecular flexibility index (Phi) is 11.3. The van der Waals surface area contributed by atoms with Gasteiger partial charge in [-0.3, -0.25) is 10.1 Å². The smallest absolute Gasteiger partial charge is 0.269 e. The zero-order valence-electron chi connectivity index (χ0n) is 18.8. The molecule has 1 aliphatic carbocycles. The monoisotopic (exact) mass is 445 g/mol. The molecule has 1 unspecified atom stereocenters. The van der Waals surface area contributed by atoms with E-state index >= 15 is 0 Å². The van der Waals surface area contributed by atoms with E-state index in [1.165, 1.54) is 12.1 Å². The highest BCUT2D eigenvalue weighted by Crippen LogP contribution is 2.21. The maximum Gasteiger partial charge on any atom is 0.269 e. The lowest BCUT2D eigenvalue weighted by Gasteiger charge is -2.41. The summed E-state index contributed by atoms with van der Waals surface area (Å²) < 4.78 is 0.677. The highest BCUT2D eigenvalue weighted by Gasteiger charge is 2.30. The van der Waals surface area contributed by atoms with Crippen LogP contribution in [0.2, 0.25) is 0 Å². The van der Waals surface area contributed by atoms with Crippen LogP contribution in [0.1, 0.15) is 37.7 Å². The van der Waals surface area contributed by atoms with Gasteiger partial charge in [-0.05, 0) is 43.2 Å². The number of nitrogens with zero attached hydrogens (tertiary/aromatic N) is 2. The van der Waals surface area contributed by atoms with E-state index in [1.807, 2.05) is 18.2 Å². The van der Waals surface area contributed by atoms with Gasteiger partial charge in [-0.25, -0.2) is 0 Å². The van der Waals surface area contributed by atoms with Gasteiger partial charge in [-0.15, -0.1) is 0 Å². The fourth-order valence-corrected chi connectivity index (χ4v) is 4.19. The third kappa shape index (κ3) is 8.67. The molecule has 0 amide bonds. The number of hydrogen-bond donors (Lipinski definition) is 3. The summed E-state index contributed by atoms with van der Waals surface area (Å²) in [4.78, 5) is 10.5. The van der Waals surface area contributed by atoms with Crippen LogP contribution >= 0.6 is 0 Å². The molecule has 0 aromatic heterocycles. The van der Waals surface area contributed by atoms with E-state index in [9.17, 15) is 25.4 Å². The van der Waals surface area contributed by atoms with Crippen molar-refractivity contribution in [3.63, 3.8) is 0 Å². The molecule has 1 aliphatic rings. The number of benzene rings is 1. The van der Waals surface area contributed by atoms with E-state index < -0.39 is 11.0 Å². The fourth-order valence-electron chi connectivity index (χ4n) is 4.19. The van der Waals surface area contributed by atoms with Crippen LogP contribution in [0.5, 0.6) is 0 Å². The number of aliphatic hydroxyl groups excluding tert-OH is 3. The number of allylic oxidation sites excluding steroid dienone is 4. The van der Waals surface area contributed by atoms with Gasteiger partial charge in [0.05, 0.1) is 24.6 Å². The van der Waals surface area contributed by atoms with Crippen molar-refractivity contribution in [1.82, 2.24) is 0 Å². The maximum atomic E-state index is 11.1. The van der Waals surface area contributed by atoms with Gasteiger partial charge in [0.1, 0.15) is 12.6 Å². The number of quaternary nitrogens is 1. The SMILES string of the molecule is O=[N+]([O-])c1ccc(CC[N+](CCCCO)(CCCCO)CC(O)C2=CCC=CC=C2)cc1. The Balaban J connectivity index is 2.20. The predicted octanol–water partition coefficient (Wildman–Crippen LogP) is 3.30. The van der Waals surface area contributed by atoms with Gasteiger partial charge in [0.15, 0.2) is 0 Å². The molecule has 7 nitrogen and oxygen atoms in total. The highest BCUT2D eigenvalue weighted by atomic mass is 16.6. The molecule has 0 aliphatic heterocycles. The summed E-state index contributed by atoms with van der Waals surface area (Å²) in [7, 11) is 0. The molecule has 0 heterocycles. The van der Waals surface area contributed by atoms with Gasteiger partial charge >= 0.3 is 0 Å². The molecule has 1 atom stereocenters. The first-order valence-electron chi connectivity index (χ1n) is 11.5. The molecule has 0 saturated carbocycles. The van der Waals surface area contributed by atoms with Crippen LogP contribution in [0.15, 0.2) is 60.2 Å². The van der Waals surface area contributed by atoms with E-state index in [-0.39, 0.29) is 18.9 Å². The Morgan fingerprint density at radius 2 is 1.62 bits per heavy atom. The first-order chi connectivity index (χ1) is 15.5. The normalized spacial score (nSPS) is 14.8. The van der Waals surface area contributed by atoms with Gasteiger partial charge in [-0.1, -0.05) is 42.5 Å². The van der Waals surface area contributed by atoms with E-state index in [4.69, 9.17) is 0 Å². The van der Waals surface area contributed by atoms with Crippen LogP contribution in [0.25, 0.3) is 0 Å². The van der Waals surface area contributed by atoms with E-state index in [1.54, 1.807) is 12.1 Å². The third-order valence-corrected chi connectivity index (χ3v) is 6.07. The lowest BCUT2D eigenvalue weighted by Crippen LogP contribution is -2.55. The van der Waals surface area contributed by atoms with Crippen molar-refractivity contribution in [2.24, 2.45) is 0 Å². The van der Waals surface area contributed by atoms with Crippen molar-refractivity contribution < 1.29 is 24.7 Å². The van der Waals surface area contributed by atoms with Gasteiger partial charge < -0.3 is 19.8 Å². The summed E-state index contributed by atoms with van der Waals surface area (Å²) in [6, 6.07) is 6.66. The Hall–Kier alpha value is -2.32. The number of nitro groups is 1. The van der Waals surface area contributed by atoms with Crippen molar-refractivity contribution in [2.45, 2.75) is 44.6 Å². The summed E-state index contributed by atoms with van der Waals surface area (Å²) in [6.07, 6.45) is 14.0. The first-order valence-corrected chi connectivity index (χ1v) is 11.5. The van der Waals surface area contributed by atoms with Crippen LogP contribution < -0.4 is 0 Å². The van der Waals surface area contributed by atoms with Gasteiger partial charge in [0.25, 0.3) is 5.69 Å². The quantitative estimate of drug-likeness (QED) is 0.166. The number of rotatable bonds is 15. The molecule has 0 saturated heterocycles. The van der Waals surface area contributed by atoms with Crippen molar-refractivity contribution in [3.8, 4) is 0 Å². The van der Waals surface area contributed by atoms with Gasteiger partial charge in [-0.2, -0.15) is 0 Å². The Bertz CT molecular complexity index is 776. The molecular formula is C25H37N2O5+. The number of nitro benzene ring substituents is 1. The maximum absolute atomic E-state index is 11.1. The van der Waals surface area contributed by atoms with E-state index in [2.05, 4.69) is 12.2 Å². The van der Waals surface area contributed by atoms with Crippen LogP contribution in [0, 0.1) is 10.1 Å². The summed E-state index contributed by atoms with van der Waals surface area (Å²) >= 11 is 0. The van der Waals surface area contributed by atoms with Crippen molar-refractivity contribution in [1.29, 1.82) is 0 Å². The largest absolute Gasteiger partial charge is 0.396 e. The molecular weight excluding hydrogens is 408 g/mol. The fraction of sp³-hybridized carbons (Fsp3) is 0.520. The number of unbranched alkanes of at least 4 members (excludes halogenated alkanes) is 2. The second-order valence-electron chi connectivity index (χ2n) is 8.47. The van der Waals surface area contributed by atoms with Crippen LogP contribution in [-0.4, -0.2) is 70.2 Å². The molecule has 0 bridgehead atoms. The highest BCUT2D eigenvalue weighted by molar-refractivity contribution is 5.33. The lowest BCUT2D eigenvalue weighted by molar-refractivity contribution is -0.930. The summed E-state index contributed by atoms with van der Waals surface area (Å²) in [5, 5.41) is 40.6. The summed E-state index contributed by atoms with van der Waals surface area (Å²) in [5.41, 5.74) is 2.02. The van der Waals surface area contributed by atoms with Crippen molar-refractivity contribution in [3.05, 3.63) is 75.9 Å². The molecule has 0 fully saturated rings. The van der Waals surface area contributed by atoms with Gasteiger partial charge in [0, 0.05) is 31.8 Å². The molecule has 0 spiro atoms. The first kappa shape index (κ1) is 25.9. The molecule has 3 N–H and O–H groups in total. The van der Waals surface area contributed by atoms with Gasteiger partial charge in [0.2, 0.25) is 0 Å². The standard InChI is InChI=1S/C25H37N2O5/c28-19-7-5-16-27(17-6-8-20-29,21-25(30)23-9-3-1-2-4-10-23)18-15-22-11-13-24(14-12-22)26(31)32/h1-3,9-14,25,28-30H,4-8,15-21H2/q+1. The third-order valence-electron chi connectivity index (χ3n) is 6.07. The summed E-state index contributed by atoms with van der Waals surface area (Å²) in [5.74, 6) is 0. The predicted molar refractivity (Wildman–Crippen MR) is 126 cm³/mol. The second-order valence-corrected chi connectivity index (χ2v) is 8.47. The lowest BCUT2D eigenvalue weighted by atomic mass is 10.0. The van der Waals surface area contributed by atoms with E-state index in [0.29, 0.717) is 23.9 Å². The minimum atomic E-state index is -0.605. The number of non-ortho nitro benzene ring substituents is 1. The molecule has 0 radical (unpaired) electrons. The molecule has 2 rings (SSSR count). The molecule has 7 heteroatoms. The Morgan fingerprint density at radius 1 is 0.969 bits per heavy atom. The van der Waals surface area contributed by atoms with Crippen molar-refractivity contribution in [2.75, 3.05) is 39.4 Å². The average Bonchev–Trinajstić information content (AvgIpc) is 3.08. The van der Waals surface area contributed by atoms with Crippen molar-refractivity contribution >= 4 is 5.69 Å². The molecule has 176 valence electrons. The summed E-state index contributed by atoms with van der Waals surface area (Å²) in [6.45, 7) is 3.26. The second kappa shape index (κ2) is 14.0. The van der Waals surface area contributed by atoms with Crippen LogP contribution in [0.4, 0.5) is 5.69 Å². The number of hydrogen-bond acceptors (Lipinski definition) is 5. The molecule has 32 heavy (non-hydrogen) atoms. The zero-order valence-corrected chi connectivity index (χ0v) is 18.8. The molecule has 1 aromatic carbocycles. The minimum Gasteiger partial charge on any atom is -0.396 e. The topological polar surface area (TPSA) is 104 Å². The van der Waals surface area contributed by atoms with E-state index in [0.717, 1.165) is 56.5 Å². The van der Waals surface area contributed by atoms with Crippen LogP contribution in [-0.2, 0) is 6.42 Å². The van der Waals surface area contributed by atoms with Crippen LogP contribution in [0.3, 0.4) is 0 Å². The Labute approximate surface area is 190 Å². The average molecular weight is 446 g/mol. The minimum absolute atomic E-state index is 0.0801. The zero-order chi connectivity index (χ0) is 23.2. The Morgan fingerprint density at radius 3 is 2.22 bits per heavy atom.